The molecule has 170 valence electrons. The van der Waals surface area contributed by atoms with E-state index in [-0.39, 0.29) is 54.1 Å². The Morgan fingerprint density at radius 3 is 2.73 bits per heavy atom. The smallest absolute Gasteiger partial charge is 0.333 e. The summed E-state index contributed by atoms with van der Waals surface area (Å²) < 4.78 is 18.2. The van der Waals surface area contributed by atoms with Crippen molar-refractivity contribution in [1.82, 2.24) is 25.4 Å². The number of allylic oxidation sites excluding steroid dienone is 1. The van der Waals surface area contributed by atoms with Crippen molar-refractivity contribution in [1.29, 1.82) is 0 Å². The summed E-state index contributed by atoms with van der Waals surface area (Å²) in [6.07, 6.45) is 4.04. The van der Waals surface area contributed by atoms with Gasteiger partial charge in [0, 0.05) is 24.7 Å². The van der Waals surface area contributed by atoms with Gasteiger partial charge in [-0.1, -0.05) is 11.2 Å². The van der Waals surface area contributed by atoms with Gasteiger partial charge in [0.15, 0.2) is 0 Å². The van der Waals surface area contributed by atoms with Crippen molar-refractivity contribution in [3.05, 3.63) is 65.3 Å². The number of aryl methyl sites for hydroxylation is 1. The third-order valence-electron chi connectivity index (χ3n) is 5.34. The normalized spacial score (nSPS) is 16.0. The molecule has 0 fully saturated rings. The summed E-state index contributed by atoms with van der Waals surface area (Å²) in [4.78, 5) is 36.0. The first-order valence-electron chi connectivity index (χ1n) is 10.2. The molecule has 1 atom stereocenters. The number of pyridine rings is 2. The Kier molecular flexibility index (Phi) is 6.38. The van der Waals surface area contributed by atoms with Crippen LogP contribution in [0.15, 0.2) is 52.5 Å². The Labute approximate surface area is 187 Å². The molecule has 0 bridgehead atoms. The fourth-order valence-corrected chi connectivity index (χ4v) is 3.64. The maximum absolute atomic E-state index is 13.1. The Hall–Kier alpha value is -4.15. The number of aromatic nitrogens is 4. The van der Waals surface area contributed by atoms with E-state index in [1.54, 1.807) is 6.07 Å². The Balaban J connectivity index is 1.37. The van der Waals surface area contributed by atoms with Crippen LogP contribution in [0.1, 0.15) is 43.1 Å². The summed E-state index contributed by atoms with van der Waals surface area (Å²) >= 11 is 0. The van der Waals surface area contributed by atoms with Crippen molar-refractivity contribution in [2.75, 3.05) is 0 Å². The third kappa shape index (κ3) is 5.37. The number of carboxylic acid groups (broad SMARTS) is 1. The monoisotopic (exact) mass is 453 g/mol. The molecule has 1 amide bonds. The van der Waals surface area contributed by atoms with Gasteiger partial charge in [0.1, 0.15) is 11.4 Å². The molecular formula is C22H20FN5O5. The second kappa shape index (κ2) is 9.55. The standard InChI is InChI=1S/C22H20FN5O5/c23-18-6-2-13(10-25-18)12-1-4-16(15(9-12)22(31)32)26-19(30)7-8-20-27-21(28-33-20)17-5-3-14(29)11-24-17/h2-3,5-6,10-12,29H,1,4,7-9H2,(H,26,30)(H,31,32). The predicted octanol–water partition coefficient (Wildman–Crippen LogP) is 2.73. The molecule has 3 heterocycles. The highest BCUT2D eigenvalue weighted by Gasteiger charge is 2.27. The Morgan fingerprint density at radius 1 is 1.18 bits per heavy atom. The summed E-state index contributed by atoms with van der Waals surface area (Å²) in [7, 11) is 0. The van der Waals surface area contributed by atoms with E-state index in [1.165, 1.54) is 30.6 Å². The molecule has 0 aliphatic heterocycles. The minimum Gasteiger partial charge on any atom is -0.506 e. The number of amides is 1. The molecule has 0 aromatic carbocycles. The highest BCUT2D eigenvalue weighted by molar-refractivity contribution is 5.89. The minimum atomic E-state index is -1.10. The molecule has 11 heteroatoms. The maximum Gasteiger partial charge on any atom is 0.333 e. The SMILES string of the molecule is O=C(CCc1nc(-c2ccc(O)cn2)no1)NC1=C(C(=O)O)CC(c2ccc(F)nc2)CC1. The molecule has 3 aromatic rings. The molecule has 0 saturated heterocycles. The summed E-state index contributed by atoms with van der Waals surface area (Å²) in [5.74, 6) is -1.71. The number of carbonyl (C=O) groups excluding carboxylic acids is 1. The molecule has 3 N–H and O–H groups in total. The predicted molar refractivity (Wildman–Crippen MR) is 111 cm³/mol. The van der Waals surface area contributed by atoms with E-state index in [9.17, 15) is 24.2 Å². The molecule has 0 radical (unpaired) electrons. The molecule has 0 saturated carbocycles. The first-order valence-corrected chi connectivity index (χ1v) is 10.2. The lowest BCUT2D eigenvalue weighted by atomic mass is 9.82. The van der Waals surface area contributed by atoms with E-state index < -0.39 is 11.9 Å². The Bertz CT molecular complexity index is 1190. The first kappa shape index (κ1) is 22.1. The highest BCUT2D eigenvalue weighted by atomic mass is 19.1. The van der Waals surface area contributed by atoms with Crippen LogP contribution in [0, 0.1) is 5.95 Å². The van der Waals surface area contributed by atoms with Gasteiger partial charge >= 0.3 is 5.97 Å². The molecular weight excluding hydrogens is 433 g/mol. The van der Waals surface area contributed by atoms with E-state index >= 15 is 0 Å². The van der Waals surface area contributed by atoms with Crippen LogP contribution in [-0.2, 0) is 16.0 Å². The largest absolute Gasteiger partial charge is 0.506 e. The van der Waals surface area contributed by atoms with Gasteiger partial charge in [-0.25, -0.2) is 14.8 Å². The lowest BCUT2D eigenvalue weighted by molar-refractivity contribution is -0.133. The fraction of sp³-hybridized carbons (Fsp3) is 0.273. The van der Waals surface area contributed by atoms with Gasteiger partial charge in [-0.3, -0.25) is 4.79 Å². The third-order valence-corrected chi connectivity index (χ3v) is 5.34. The number of hydrogen-bond acceptors (Lipinski definition) is 8. The van der Waals surface area contributed by atoms with E-state index in [1.807, 2.05) is 0 Å². The highest BCUT2D eigenvalue weighted by Crippen LogP contribution is 2.35. The Morgan fingerprint density at radius 2 is 2.03 bits per heavy atom. The van der Waals surface area contributed by atoms with Gasteiger partial charge in [-0.2, -0.15) is 9.37 Å². The van der Waals surface area contributed by atoms with Gasteiger partial charge < -0.3 is 20.1 Å². The van der Waals surface area contributed by atoms with Crippen LogP contribution in [0.4, 0.5) is 4.39 Å². The number of aliphatic carboxylic acids is 1. The zero-order chi connectivity index (χ0) is 23.4. The van der Waals surface area contributed by atoms with Crippen LogP contribution in [-0.4, -0.2) is 42.2 Å². The van der Waals surface area contributed by atoms with Crippen molar-refractivity contribution >= 4 is 11.9 Å². The molecule has 1 unspecified atom stereocenters. The second-order valence-corrected chi connectivity index (χ2v) is 7.58. The number of carboxylic acids is 1. The van der Waals surface area contributed by atoms with Crippen LogP contribution in [0.2, 0.25) is 0 Å². The van der Waals surface area contributed by atoms with Crippen LogP contribution >= 0.6 is 0 Å². The molecule has 1 aliphatic carbocycles. The summed E-state index contributed by atoms with van der Waals surface area (Å²) in [6.45, 7) is 0. The fourth-order valence-electron chi connectivity index (χ4n) is 3.64. The average Bonchev–Trinajstić information content (AvgIpc) is 3.28. The van der Waals surface area contributed by atoms with Crippen LogP contribution in [0.25, 0.3) is 11.5 Å². The molecule has 33 heavy (non-hydrogen) atoms. The van der Waals surface area contributed by atoms with E-state index in [2.05, 4.69) is 25.4 Å². The number of nitrogens with zero attached hydrogens (tertiary/aromatic N) is 4. The van der Waals surface area contributed by atoms with Crippen molar-refractivity contribution in [3.63, 3.8) is 0 Å². The number of aromatic hydroxyl groups is 1. The molecule has 0 spiro atoms. The van der Waals surface area contributed by atoms with Gasteiger partial charge in [0.25, 0.3) is 0 Å². The van der Waals surface area contributed by atoms with Crippen molar-refractivity contribution < 1.29 is 28.7 Å². The van der Waals surface area contributed by atoms with Crippen LogP contribution < -0.4 is 5.32 Å². The van der Waals surface area contributed by atoms with Gasteiger partial charge in [0.2, 0.25) is 23.6 Å². The molecule has 4 rings (SSSR count). The number of rotatable bonds is 7. The molecule has 1 aliphatic rings. The average molecular weight is 453 g/mol. The lowest BCUT2D eigenvalue weighted by Crippen LogP contribution is -2.29. The van der Waals surface area contributed by atoms with E-state index in [0.717, 1.165) is 5.56 Å². The van der Waals surface area contributed by atoms with Crippen molar-refractivity contribution in [2.45, 2.75) is 38.0 Å². The van der Waals surface area contributed by atoms with Crippen LogP contribution in [0.3, 0.4) is 0 Å². The maximum atomic E-state index is 13.1. The van der Waals surface area contributed by atoms with E-state index in [0.29, 0.717) is 24.2 Å². The minimum absolute atomic E-state index is 0.0116. The molecule has 10 nitrogen and oxygen atoms in total. The summed E-state index contributed by atoms with van der Waals surface area (Å²) in [5.41, 5.74) is 1.67. The number of carbonyl (C=O) groups is 2. The van der Waals surface area contributed by atoms with E-state index in [4.69, 9.17) is 4.52 Å². The first-order chi connectivity index (χ1) is 15.9. The van der Waals surface area contributed by atoms with Gasteiger partial charge in [-0.15, -0.1) is 0 Å². The zero-order valence-corrected chi connectivity index (χ0v) is 17.4. The van der Waals surface area contributed by atoms with Gasteiger partial charge in [0.05, 0.1) is 11.8 Å². The van der Waals surface area contributed by atoms with Crippen molar-refractivity contribution in [2.24, 2.45) is 0 Å². The summed E-state index contributed by atoms with van der Waals surface area (Å²) in [5, 5.41) is 25.4. The number of nitrogens with one attached hydrogen (secondary N) is 1. The number of halogens is 1. The van der Waals surface area contributed by atoms with Crippen LogP contribution in [0.5, 0.6) is 5.75 Å². The summed E-state index contributed by atoms with van der Waals surface area (Å²) in [6, 6.07) is 5.83. The zero-order valence-electron chi connectivity index (χ0n) is 17.4. The number of hydrogen-bond donors (Lipinski definition) is 3. The van der Waals surface area contributed by atoms with Crippen molar-refractivity contribution in [3.8, 4) is 17.3 Å². The quantitative estimate of drug-likeness (QED) is 0.459. The topological polar surface area (TPSA) is 151 Å². The lowest BCUT2D eigenvalue weighted by Gasteiger charge is -2.26. The second-order valence-electron chi connectivity index (χ2n) is 7.58. The molecule has 3 aromatic heterocycles. The van der Waals surface area contributed by atoms with Gasteiger partial charge in [-0.05, 0) is 48.9 Å².